The molecule has 0 spiro atoms. The Morgan fingerprint density at radius 2 is 2.09 bits per heavy atom. The van der Waals surface area contributed by atoms with Crippen LogP contribution in [0.3, 0.4) is 0 Å². The van der Waals surface area contributed by atoms with Crippen molar-refractivity contribution in [2.45, 2.75) is 37.5 Å². The molecule has 1 saturated carbocycles. The van der Waals surface area contributed by atoms with E-state index in [9.17, 15) is 9.59 Å². The topological polar surface area (TPSA) is 56.5 Å². The Labute approximate surface area is 142 Å². The zero-order valence-electron chi connectivity index (χ0n) is 13.4. The normalized spacial score (nSPS) is 28.0. The number of hydrogen-bond acceptors (Lipinski definition) is 5. The molecule has 0 aliphatic heterocycles. The first-order chi connectivity index (χ1) is 11.2. The largest absolute Gasteiger partial charge is 0.473 e. The third-order valence-corrected chi connectivity index (χ3v) is 5.08. The minimum absolute atomic E-state index is 0.0169. The molecule has 1 aromatic heterocycles. The van der Waals surface area contributed by atoms with Gasteiger partial charge in [-0.25, -0.2) is 0 Å². The van der Waals surface area contributed by atoms with Crippen molar-refractivity contribution in [3.05, 3.63) is 36.3 Å². The number of aldehydes is 1. The van der Waals surface area contributed by atoms with E-state index >= 15 is 0 Å². The highest BCUT2D eigenvalue weighted by Gasteiger charge is 2.37. The summed E-state index contributed by atoms with van der Waals surface area (Å²) >= 11 is 4.35. The molecular formula is C18H24O4S. The van der Waals surface area contributed by atoms with Gasteiger partial charge in [-0.2, -0.15) is 0 Å². The Hall–Kier alpha value is -1.33. The first kappa shape index (κ1) is 18.0. The van der Waals surface area contributed by atoms with Gasteiger partial charge in [-0.3, -0.25) is 4.79 Å². The summed E-state index contributed by atoms with van der Waals surface area (Å²) in [5.41, 5.74) is 1.000. The molecule has 3 rings (SSSR count). The Morgan fingerprint density at radius 3 is 2.65 bits per heavy atom. The van der Waals surface area contributed by atoms with Gasteiger partial charge in [-0.05, 0) is 55.7 Å². The molecular weight excluding hydrogens is 312 g/mol. The van der Waals surface area contributed by atoms with Gasteiger partial charge in [-0.1, -0.05) is 5.57 Å². The van der Waals surface area contributed by atoms with Gasteiger partial charge in [0.05, 0.1) is 12.5 Å². The SMILES string of the molecule is COC(S)CC1C2=CC(=O)CCC2CCC1C=O.c1ccoc1. The van der Waals surface area contributed by atoms with Crippen LogP contribution in [0.15, 0.2) is 40.7 Å². The summed E-state index contributed by atoms with van der Waals surface area (Å²) in [6, 6.07) is 3.67. The molecule has 0 bridgehead atoms. The standard InChI is InChI=1S/C14H20O3S.C4H4O/c1-17-14(18)7-13-10(8-15)3-2-9-4-5-11(16)6-12(9)13;1-2-4-5-3-1/h6,8-10,13-14,18H,2-5,7H2,1H3;1-4H. The minimum Gasteiger partial charge on any atom is -0.473 e. The van der Waals surface area contributed by atoms with Crippen LogP contribution in [0, 0.1) is 17.8 Å². The number of ether oxygens (including phenoxy) is 1. The first-order valence-electron chi connectivity index (χ1n) is 8.03. The molecule has 4 unspecified atom stereocenters. The first-order valence-corrected chi connectivity index (χ1v) is 8.55. The number of carbonyl (C=O) groups is 2. The van der Waals surface area contributed by atoms with Crippen LogP contribution in [-0.4, -0.2) is 24.6 Å². The van der Waals surface area contributed by atoms with Crippen LogP contribution in [0.5, 0.6) is 0 Å². The van der Waals surface area contributed by atoms with Crippen molar-refractivity contribution in [2.75, 3.05) is 7.11 Å². The number of allylic oxidation sites excluding steroid dienone is 2. The van der Waals surface area contributed by atoms with Gasteiger partial charge >= 0.3 is 0 Å². The van der Waals surface area contributed by atoms with E-state index in [1.807, 2.05) is 12.1 Å². The summed E-state index contributed by atoms with van der Waals surface area (Å²) in [6.07, 6.45) is 10.3. The molecule has 0 radical (unpaired) electrons. The Kier molecular flexibility index (Phi) is 7.12. The van der Waals surface area contributed by atoms with E-state index in [0.717, 1.165) is 25.5 Å². The summed E-state index contributed by atoms with van der Waals surface area (Å²) in [7, 11) is 1.62. The van der Waals surface area contributed by atoms with E-state index in [1.165, 1.54) is 5.57 Å². The number of carbonyl (C=O) groups excluding carboxylic acids is 2. The maximum atomic E-state index is 11.6. The second kappa shape index (κ2) is 9.08. The zero-order valence-corrected chi connectivity index (χ0v) is 14.3. The second-order valence-corrected chi connectivity index (χ2v) is 6.63. The van der Waals surface area contributed by atoms with E-state index < -0.39 is 0 Å². The lowest BCUT2D eigenvalue weighted by molar-refractivity contribution is -0.117. The molecule has 1 aromatic rings. The highest BCUT2D eigenvalue weighted by molar-refractivity contribution is 7.80. The third kappa shape index (κ3) is 5.08. The number of rotatable bonds is 4. The van der Waals surface area contributed by atoms with Gasteiger partial charge in [0, 0.05) is 19.4 Å². The van der Waals surface area contributed by atoms with Gasteiger partial charge < -0.3 is 13.9 Å². The summed E-state index contributed by atoms with van der Waals surface area (Å²) in [5, 5.41) is 0. The van der Waals surface area contributed by atoms with Crippen molar-refractivity contribution in [3.8, 4) is 0 Å². The van der Waals surface area contributed by atoms with Crippen LogP contribution >= 0.6 is 12.6 Å². The molecule has 5 heteroatoms. The van der Waals surface area contributed by atoms with Gasteiger partial charge in [0.25, 0.3) is 0 Å². The molecule has 2 aliphatic rings. The number of ketones is 1. The average molecular weight is 336 g/mol. The van der Waals surface area contributed by atoms with Crippen LogP contribution in [-0.2, 0) is 14.3 Å². The van der Waals surface area contributed by atoms with Crippen LogP contribution < -0.4 is 0 Å². The molecule has 23 heavy (non-hydrogen) atoms. The maximum Gasteiger partial charge on any atom is 0.155 e. The number of furan rings is 1. The predicted molar refractivity (Wildman–Crippen MR) is 91.2 cm³/mol. The van der Waals surface area contributed by atoms with Crippen LogP contribution in [0.4, 0.5) is 0 Å². The zero-order chi connectivity index (χ0) is 16.7. The highest BCUT2D eigenvalue weighted by Crippen LogP contribution is 2.44. The summed E-state index contributed by atoms with van der Waals surface area (Å²) in [6.45, 7) is 0. The number of hydrogen-bond donors (Lipinski definition) is 1. The average Bonchev–Trinajstić information content (AvgIpc) is 3.15. The molecule has 0 N–H and O–H groups in total. The smallest absolute Gasteiger partial charge is 0.155 e. The van der Waals surface area contributed by atoms with E-state index in [1.54, 1.807) is 25.7 Å². The minimum atomic E-state index is -0.172. The number of fused-ring (bicyclic) bond motifs is 1. The van der Waals surface area contributed by atoms with Gasteiger partial charge in [0.15, 0.2) is 5.78 Å². The molecule has 4 nitrogen and oxygen atoms in total. The van der Waals surface area contributed by atoms with E-state index in [4.69, 9.17) is 4.74 Å². The maximum absolute atomic E-state index is 11.6. The van der Waals surface area contributed by atoms with Gasteiger partial charge in [0.1, 0.15) is 11.7 Å². The van der Waals surface area contributed by atoms with Gasteiger partial charge in [0.2, 0.25) is 0 Å². The summed E-state index contributed by atoms with van der Waals surface area (Å²) < 4.78 is 9.77. The summed E-state index contributed by atoms with van der Waals surface area (Å²) in [5.74, 6) is 0.836. The molecule has 1 heterocycles. The monoisotopic (exact) mass is 336 g/mol. The van der Waals surface area contributed by atoms with Crippen molar-refractivity contribution in [3.63, 3.8) is 0 Å². The van der Waals surface area contributed by atoms with Crippen molar-refractivity contribution in [2.24, 2.45) is 17.8 Å². The molecule has 2 aliphatic carbocycles. The number of methoxy groups -OCH3 is 1. The van der Waals surface area contributed by atoms with E-state index in [0.29, 0.717) is 18.8 Å². The lowest BCUT2D eigenvalue weighted by Gasteiger charge is -2.39. The quantitative estimate of drug-likeness (QED) is 0.517. The second-order valence-electron chi connectivity index (χ2n) is 6.05. The Morgan fingerprint density at radius 1 is 1.35 bits per heavy atom. The van der Waals surface area contributed by atoms with Crippen molar-refractivity contribution in [1.29, 1.82) is 0 Å². The lowest BCUT2D eigenvalue weighted by atomic mass is 9.66. The fraction of sp³-hybridized carbons (Fsp3) is 0.556. The van der Waals surface area contributed by atoms with Crippen LogP contribution in [0.2, 0.25) is 0 Å². The van der Waals surface area contributed by atoms with Gasteiger partial charge in [-0.15, -0.1) is 12.6 Å². The third-order valence-electron chi connectivity index (χ3n) is 4.66. The van der Waals surface area contributed by atoms with Crippen LogP contribution in [0.1, 0.15) is 32.1 Å². The summed E-state index contributed by atoms with van der Waals surface area (Å²) in [4.78, 5) is 22.8. The number of thiol groups is 1. The molecule has 0 aromatic carbocycles. The molecule has 0 saturated heterocycles. The lowest BCUT2D eigenvalue weighted by Crippen LogP contribution is -2.33. The Balaban J connectivity index is 0.000000326. The van der Waals surface area contributed by atoms with E-state index in [-0.39, 0.29) is 23.1 Å². The predicted octanol–water partition coefficient (Wildman–Crippen LogP) is 3.69. The van der Waals surface area contributed by atoms with Crippen molar-refractivity contribution >= 4 is 24.7 Å². The Bertz CT molecular complexity index is 506. The molecule has 4 atom stereocenters. The van der Waals surface area contributed by atoms with Crippen LogP contribution in [0.25, 0.3) is 0 Å². The molecule has 1 fully saturated rings. The van der Waals surface area contributed by atoms with Crippen molar-refractivity contribution < 1.29 is 18.7 Å². The fourth-order valence-electron chi connectivity index (χ4n) is 3.44. The fourth-order valence-corrected chi connectivity index (χ4v) is 3.66. The molecule has 126 valence electrons. The molecule has 0 amide bonds. The highest BCUT2D eigenvalue weighted by atomic mass is 32.1. The van der Waals surface area contributed by atoms with E-state index in [2.05, 4.69) is 17.0 Å². The van der Waals surface area contributed by atoms with Crippen molar-refractivity contribution in [1.82, 2.24) is 0 Å².